The average molecular weight is 825 g/mol. The Morgan fingerprint density at radius 2 is 1.34 bits per heavy atom. The quantitative estimate of drug-likeness (QED) is 0.162. The molecule has 3 aromatic heterocycles. The smallest absolute Gasteiger partial charge is 0.0774 e. The van der Waals surface area contributed by atoms with Crippen LogP contribution in [0.3, 0.4) is 0 Å². The first-order chi connectivity index (χ1) is 25.4. The zero-order chi connectivity index (χ0) is 35.5. The van der Waals surface area contributed by atoms with Crippen molar-refractivity contribution in [2.24, 2.45) is 0 Å². The molecule has 0 fully saturated rings. The number of aromatic nitrogens is 3. The van der Waals surface area contributed by atoms with Gasteiger partial charge >= 0.3 is 0 Å². The van der Waals surface area contributed by atoms with E-state index in [1.165, 1.54) is 17.3 Å². The van der Waals surface area contributed by atoms with Crippen LogP contribution in [-0.2, 0) is 20.1 Å². The van der Waals surface area contributed by atoms with Gasteiger partial charge in [-0.15, -0.1) is 35.9 Å². The SMILES string of the molecule is [2H]C([2H])([2H])c1ccc(-c2[c-]cccc2)nc1.[Ir].[c-]1oc2ccc(-c3ccccc3)cc2c1-c1nc2ccccc2n1-c1ccc(-c2ccccc2)cc1. The van der Waals surface area contributed by atoms with E-state index < -0.39 is 6.85 Å². The van der Waals surface area contributed by atoms with Gasteiger partial charge in [-0.1, -0.05) is 126 Å². The summed E-state index contributed by atoms with van der Waals surface area (Å²) in [6, 6.07) is 57.7. The van der Waals surface area contributed by atoms with E-state index in [1.54, 1.807) is 18.2 Å². The predicted octanol–water partition coefficient (Wildman–Crippen LogP) is 11.4. The molecule has 0 amide bonds. The fraction of sp³-hybridized carbons (Fsp3) is 0.0222. The summed E-state index contributed by atoms with van der Waals surface area (Å²) in [4.78, 5) is 9.16. The van der Waals surface area contributed by atoms with Crippen LogP contribution in [0.5, 0.6) is 0 Å². The van der Waals surface area contributed by atoms with E-state index >= 15 is 0 Å². The van der Waals surface area contributed by atoms with Crippen LogP contribution in [0.1, 0.15) is 9.68 Å². The third-order valence-corrected chi connectivity index (χ3v) is 8.38. The first kappa shape index (κ1) is 29.1. The summed E-state index contributed by atoms with van der Waals surface area (Å²) < 4.78 is 29.8. The van der Waals surface area contributed by atoms with Crippen LogP contribution in [0.15, 0.2) is 174 Å². The maximum atomic E-state index is 7.23. The number of aryl methyl sites for hydroxylation is 1. The molecule has 0 aliphatic carbocycles. The maximum Gasteiger partial charge on any atom is 0.0774 e. The molecule has 0 aliphatic heterocycles. The minimum Gasteiger partial charge on any atom is -0.557 e. The molecule has 0 saturated heterocycles. The van der Waals surface area contributed by atoms with Crippen LogP contribution in [0.2, 0.25) is 0 Å². The molecule has 0 unspecified atom stereocenters. The van der Waals surface area contributed by atoms with Gasteiger partial charge in [0.25, 0.3) is 0 Å². The minimum atomic E-state index is -2.09. The second kappa shape index (κ2) is 14.7. The number of fused-ring (bicyclic) bond motifs is 2. The molecule has 0 spiro atoms. The fourth-order valence-corrected chi connectivity index (χ4v) is 5.95. The van der Waals surface area contributed by atoms with Crippen molar-refractivity contribution in [2.45, 2.75) is 6.85 Å². The average Bonchev–Trinajstić information content (AvgIpc) is 3.80. The Morgan fingerprint density at radius 1 is 0.660 bits per heavy atom. The van der Waals surface area contributed by atoms with Crippen LogP contribution in [0.4, 0.5) is 0 Å². The van der Waals surface area contributed by atoms with Gasteiger partial charge < -0.3 is 14.0 Å². The van der Waals surface area contributed by atoms with Gasteiger partial charge in [-0.2, -0.15) is 0 Å². The molecule has 6 aromatic carbocycles. The zero-order valence-electron chi connectivity index (χ0n) is 29.7. The van der Waals surface area contributed by atoms with E-state index in [-0.39, 0.29) is 25.7 Å². The van der Waals surface area contributed by atoms with Gasteiger partial charge in [-0.25, -0.2) is 0 Å². The third kappa shape index (κ3) is 6.70. The number of hydrogen-bond acceptors (Lipinski definition) is 3. The van der Waals surface area contributed by atoms with Crippen LogP contribution in [-0.4, -0.2) is 14.5 Å². The van der Waals surface area contributed by atoms with Crippen LogP contribution >= 0.6 is 0 Å². The number of furan rings is 1. The molecular formula is C45H31IrN3O-2. The number of imidazole rings is 1. The third-order valence-electron chi connectivity index (χ3n) is 8.38. The molecule has 0 atom stereocenters. The monoisotopic (exact) mass is 825 g/mol. The van der Waals surface area contributed by atoms with E-state index in [4.69, 9.17) is 13.5 Å². The number of hydrogen-bond donors (Lipinski definition) is 0. The van der Waals surface area contributed by atoms with E-state index in [0.29, 0.717) is 0 Å². The van der Waals surface area contributed by atoms with Gasteiger partial charge in [0, 0.05) is 47.9 Å². The number of para-hydroxylation sites is 2. The molecule has 0 bridgehead atoms. The summed E-state index contributed by atoms with van der Waals surface area (Å²) in [6.07, 6.45) is 4.55. The number of benzene rings is 6. The Kier molecular flexibility index (Phi) is 8.56. The van der Waals surface area contributed by atoms with Crippen molar-refractivity contribution in [2.75, 3.05) is 0 Å². The molecule has 9 rings (SSSR count). The van der Waals surface area contributed by atoms with Gasteiger partial charge in [-0.05, 0) is 64.6 Å². The molecule has 1 radical (unpaired) electrons. The minimum absolute atomic E-state index is 0. The van der Waals surface area contributed by atoms with Gasteiger partial charge in [0.15, 0.2) is 0 Å². The van der Waals surface area contributed by atoms with E-state index in [0.717, 1.165) is 61.5 Å². The van der Waals surface area contributed by atoms with Crippen molar-refractivity contribution in [1.82, 2.24) is 14.5 Å². The summed E-state index contributed by atoms with van der Waals surface area (Å²) in [5.41, 5.74) is 11.2. The molecule has 5 heteroatoms. The van der Waals surface area contributed by atoms with E-state index in [9.17, 15) is 0 Å². The molecule has 0 saturated carbocycles. The molecule has 243 valence electrons. The normalized spacial score (nSPS) is 11.9. The number of pyridine rings is 1. The first-order valence-corrected chi connectivity index (χ1v) is 16.0. The number of rotatable bonds is 5. The van der Waals surface area contributed by atoms with Gasteiger partial charge in [0.2, 0.25) is 0 Å². The second-order valence-electron chi connectivity index (χ2n) is 11.5. The molecule has 0 N–H and O–H groups in total. The van der Waals surface area contributed by atoms with Crippen LogP contribution < -0.4 is 0 Å². The Morgan fingerprint density at radius 3 is 2.04 bits per heavy atom. The standard InChI is InChI=1S/C33H21N2O.C12H10N.Ir/c1-3-9-23(10-4-1)25-15-18-27(19-16-25)35-31-14-8-7-13-30(31)34-33(35)29-22-36-32-20-17-26(21-28(29)32)24-11-5-2-6-12-24;1-10-7-8-12(13-9-10)11-5-3-2-4-6-11;/h1-21H;2-5,7-9H,1H3;/q2*-1;/i;1D3;. The van der Waals surface area contributed by atoms with E-state index in [2.05, 4.69) is 113 Å². The molecule has 3 heterocycles. The second-order valence-corrected chi connectivity index (χ2v) is 11.5. The molecular weight excluding hydrogens is 791 g/mol. The maximum absolute atomic E-state index is 7.23. The molecule has 50 heavy (non-hydrogen) atoms. The largest absolute Gasteiger partial charge is 0.557 e. The number of nitrogens with zero attached hydrogens (tertiary/aromatic N) is 3. The Bertz CT molecular complexity index is 2580. The van der Waals surface area contributed by atoms with Crippen molar-refractivity contribution in [3.8, 4) is 50.6 Å². The Balaban J connectivity index is 0.000000216. The summed E-state index contributed by atoms with van der Waals surface area (Å²) in [5.74, 6) is 0.813. The molecule has 0 aliphatic rings. The summed E-state index contributed by atoms with van der Waals surface area (Å²) >= 11 is 0. The van der Waals surface area contributed by atoms with E-state index in [1.807, 2.05) is 54.6 Å². The summed E-state index contributed by atoms with van der Waals surface area (Å²) in [6.45, 7) is -2.09. The fourth-order valence-electron chi connectivity index (χ4n) is 5.95. The first-order valence-electron chi connectivity index (χ1n) is 17.5. The van der Waals surface area contributed by atoms with Crippen LogP contribution in [0.25, 0.3) is 72.6 Å². The Hall–Kier alpha value is -5.87. The predicted molar refractivity (Wildman–Crippen MR) is 199 cm³/mol. The molecule has 4 nitrogen and oxygen atoms in total. The molecule has 9 aromatic rings. The van der Waals surface area contributed by atoms with Gasteiger partial charge in [0.1, 0.15) is 0 Å². The van der Waals surface area contributed by atoms with Crippen molar-refractivity contribution < 1.29 is 28.6 Å². The van der Waals surface area contributed by atoms with Crippen molar-refractivity contribution >= 4 is 22.0 Å². The summed E-state index contributed by atoms with van der Waals surface area (Å²) in [7, 11) is 0. The Labute approximate surface area is 309 Å². The van der Waals surface area contributed by atoms with Crippen molar-refractivity contribution in [3.05, 3.63) is 188 Å². The summed E-state index contributed by atoms with van der Waals surface area (Å²) in [5, 5.41) is 0.994. The van der Waals surface area contributed by atoms with Crippen molar-refractivity contribution in [1.29, 1.82) is 0 Å². The zero-order valence-corrected chi connectivity index (χ0v) is 29.1. The van der Waals surface area contributed by atoms with Gasteiger partial charge in [0.05, 0.1) is 16.9 Å². The topological polar surface area (TPSA) is 43.9 Å². The van der Waals surface area contributed by atoms with Crippen LogP contribution in [0, 0.1) is 19.2 Å². The van der Waals surface area contributed by atoms with Crippen molar-refractivity contribution in [3.63, 3.8) is 0 Å². The van der Waals surface area contributed by atoms with Gasteiger partial charge in [-0.3, -0.25) is 4.98 Å².